The van der Waals surface area contributed by atoms with Crippen LogP contribution < -0.4 is 19.7 Å². The predicted octanol–water partition coefficient (Wildman–Crippen LogP) is 0.866. The van der Waals surface area contributed by atoms with E-state index in [-0.39, 0.29) is 12.3 Å². The molecule has 2 rings (SSSR count). The van der Waals surface area contributed by atoms with E-state index in [1.165, 1.54) is 29.6 Å². The van der Waals surface area contributed by atoms with Crippen LogP contribution in [-0.4, -0.2) is 46.2 Å². The molecular weight excluding hydrogens is 346 g/mol. The number of nitrogens with zero attached hydrogens (tertiary/aromatic N) is 1. The van der Waals surface area contributed by atoms with Crippen LogP contribution in [0, 0.1) is 0 Å². The monoisotopic (exact) mass is 367 g/mol. The van der Waals surface area contributed by atoms with Gasteiger partial charge in [0.05, 0.1) is 18.6 Å². The van der Waals surface area contributed by atoms with Crippen LogP contribution in [0.3, 0.4) is 0 Å². The van der Waals surface area contributed by atoms with E-state index < -0.39 is 21.8 Å². The fourth-order valence-corrected chi connectivity index (χ4v) is 4.10. The topological polar surface area (TPSA) is 105 Å². The number of carbonyl (C=O) groups excluding carboxylic acids is 2. The highest BCUT2D eigenvalue weighted by Gasteiger charge is 2.28. The van der Waals surface area contributed by atoms with Gasteiger partial charge >= 0.3 is 11.8 Å². The number of carbonyl (C=O) groups is 2. The van der Waals surface area contributed by atoms with Gasteiger partial charge < -0.3 is 15.4 Å². The third kappa shape index (κ3) is 4.50. The first-order valence-corrected chi connectivity index (χ1v) is 9.38. The van der Waals surface area contributed by atoms with Gasteiger partial charge in [0.1, 0.15) is 5.75 Å². The largest absolute Gasteiger partial charge is 0.494 e. The molecule has 1 aromatic carbocycles. The van der Waals surface area contributed by atoms with Crippen molar-refractivity contribution < 1.29 is 22.7 Å². The summed E-state index contributed by atoms with van der Waals surface area (Å²) in [6.07, 6.45) is 2.86. The van der Waals surface area contributed by atoms with Crippen molar-refractivity contribution >= 4 is 33.2 Å². The second kappa shape index (κ2) is 8.02. The quantitative estimate of drug-likeness (QED) is 0.593. The van der Waals surface area contributed by atoms with Crippen LogP contribution in [0.1, 0.15) is 12.8 Å². The zero-order chi connectivity index (χ0) is 18.4. The first kappa shape index (κ1) is 18.8. The first-order chi connectivity index (χ1) is 11.9. The molecule has 0 atom stereocenters. The Balaban J connectivity index is 2.20. The lowest BCUT2D eigenvalue weighted by atomic mass is 10.2. The maximum Gasteiger partial charge on any atom is 0.313 e. The zero-order valence-corrected chi connectivity index (χ0v) is 14.8. The summed E-state index contributed by atoms with van der Waals surface area (Å²) in [6.45, 7) is 4.01. The maximum absolute atomic E-state index is 12.2. The summed E-state index contributed by atoms with van der Waals surface area (Å²) in [5.74, 6) is -1.23. The molecule has 9 heteroatoms. The Bertz CT molecular complexity index is 776. The predicted molar refractivity (Wildman–Crippen MR) is 95.2 cm³/mol. The molecule has 25 heavy (non-hydrogen) atoms. The maximum atomic E-state index is 12.2. The summed E-state index contributed by atoms with van der Waals surface area (Å²) >= 11 is 0. The van der Waals surface area contributed by atoms with E-state index in [2.05, 4.69) is 17.2 Å². The van der Waals surface area contributed by atoms with Gasteiger partial charge in [0.2, 0.25) is 10.0 Å². The highest BCUT2D eigenvalue weighted by molar-refractivity contribution is 7.92. The Morgan fingerprint density at radius 1 is 1.32 bits per heavy atom. The van der Waals surface area contributed by atoms with Gasteiger partial charge in [0.15, 0.2) is 0 Å². The molecule has 1 fully saturated rings. The van der Waals surface area contributed by atoms with Gasteiger partial charge in [-0.1, -0.05) is 6.08 Å². The van der Waals surface area contributed by atoms with Crippen molar-refractivity contribution in [1.29, 1.82) is 0 Å². The number of anilines is 2. The smallest absolute Gasteiger partial charge is 0.313 e. The van der Waals surface area contributed by atoms with Crippen LogP contribution in [0.4, 0.5) is 11.4 Å². The van der Waals surface area contributed by atoms with Crippen molar-refractivity contribution in [2.24, 2.45) is 0 Å². The standard InChI is InChI=1S/C16H21N3O5S/c1-3-8-17-15(20)16(21)18-12-6-7-13(14(11-12)24-2)19-9-4-5-10-25(19,22)23/h3,6-7,11H,1,4-5,8-10H2,2H3,(H,17,20)(H,18,21). The van der Waals surface area contributed by atoms with Crippen molar-refractivity contribution in [3.63, 3.8) is 0 Å². The molecule has 0 aliphatic carbocycles. The highest BCUT2D eigenvalue weighted by Crippen LogP contribution is 2.34. The van der Waals surface area contributed by atoms with Crippen LogP contribution in [0.2, 0.25) is 0 Å². The molecule has 1 aromatic rings. The Hall–Kier alpha value is -2.55. The number of rotatable bonds is 5. The normalized spacial score (nSPS) is 16.0. The number of hydrogen-bond acceptors (Lipinski definition) is 5. The lowest BCUT2D eigenvalue weighted by molar-refractivity contribution is -0.136. The van der Waals surface area contributed by atoms with Crippen LogP contribution in [-0.2, 0) is 19.6 Å². The molecule has 1 saturated heterocycles. The molecule has 0 bridgehead atoms. The van der Waals surface area contributed by atoms with E-state index >= 15 is 0 Å². The summed E-state index contributed by atoms with van der Waals surface area (Å²) in [7, 11) is -1.96. The Labute approximate surface area is 146 Å². The first-order valence-electron chi connectivity index (χ1n) is 7.77. The van der Waals surface area contributed by atoms with Crippen LogP contribution in [0.15, 0.2) is 30.9 Å². The van der Waals surface area contributed by atoms with Gasteiger partial charge in [-0.2, -0.15) is 0 Å². The molecular formula is C16H21N3O5S. The van der Waals surface area contributed by atoms with Crippen molar-refractivity contribution in [3.05, 3.63) is 30.9 Å². The minimum atomic E-state index is -3.38. The third-order valence-electron chi connectivity index (χ3n) is 3.67. The van der Waals surface area contributed by atoms with Crippen molar-refractivity contribution in [1.82, 2.24) is 5.32 Å². The van der Waals surface area contributed by atoms with Gasteiger partial charge in [-0.15, -0.1) is 6.58 Å². The average Bonchev–Trinajstić information content (AvgIpc) is 2.59. The molecule has 1 aliphatic heterocycles. The molecule has 0 spiro atoms. The summed E-state index contributed by atoms with van der Waals surface area (Å²) in [6, 6.07) is 4.57. The van der Waals surface area contributed by atoms with E-state index in [1.54, 1.807) is 6.07 Å². The summed E-state index contributed by atoms with van der Waals surface area (Å²) < 4.78 is 31.1. The number of nitrogens with one attached hydrogen (secondary N) is 2. The van der Waals surface area contributed by atoms with Crippen LogP contribution >= 0.6 is 0 Å². The van der Waals surface area contributed by atoms with Gasteiger partial charge in [-0.05, 0) is 25.0 Å². The van der Waals surface area contributed by atoms with Crippen molar-refractivity contribution in [3.8, 4) is 5.75 Å². The average molecular weight is 367 g/mol. The van der Waals surface area contributed by atoms with E-state index in [0.717, 1.165) is 6.42 Å². The molecule has 1 aliphatic rings. The Morgan fingerprint density at radius 2 is 2.08 bits per heavy atom. The molecule has 136 valence electrons. The zero-order valence-electron chi connectivity index (χ0n) is 13.9. The third-order valence-corrected chi connectivity index (χ3v) is 5.52. The summed E-state index contributed by atoms with van der Waals surface area (Å²) in [4.78, 5) is 23.4. The Morgan fingerprint density at radius 3 is 2.72 bits per heavy atom. The summed E-state index contributed by atoms with van der Waals surface area (Å²) in [5, 5.41) is 4.81. The number of sulfonamides is 1. The van der Waals surface area contributed by atoms with E-state index in [1.807, 2.05) is 0 Å². The van der Waals surface area contributed by atoms with Gasteiger partial charge in [0.25, 0.3) is 0 Å². The molecule has 8 nitrogen and oxygen atoms in total. The van der Waals surface area contributed by atoms with Crippen molar-refractivity contribution in [2.45, 2.75) is 12.8 Å². The van der Waals surface area contributed by atoms with E-state index in [9.17, 15) is 18.0 Å². The number of methoxy groups -OCH3 is 1. The van der Waals surface area contributed by atoms with Crippen molar-refractivity contribution in [2.75, 3.05) is 35.6 Å². The molecule has 0 saturated carbocycles. The number of benzene rings is 1. The minimum Gasteiger partial charge on any atom is -0.494 e. The second-order valence-electron chi connectivity index (χ2n) is 5.43. The van der Waals surface area contributed by atoms with E-state index in [4.69, 9.17) is 4.74 Å². The fourth-order valence-electron chi connectivity index (χ4n) is 2.45. The molecule has 0 radical (unpaired) electrons. The molecule has 2 N–H and O–H groups in total. The number of amides is 2. The minimum absolute atomic E-state index is 0.0954. The summed E-state index contributed by atoms with van der Waals surface area (Å²) in [5.41, 5.74) is 0.741. The fraction of sp³-hybridized carbons (Fsp3) is 0.375. The molecule has 0 unspecified atom stereocenters. The second-order valence-corrected chi connectivity index (χ2v) is 7.45. The van der Waals surface area contributed by atoms with E-state index in [0.29, 0.717) is 30.1 Å². The number of ether oxygens (including phenoxy) is 1. The lowest BCUT2D eigenvalue weighted by Crippen LogP contribution is -2.38. The lowest BCUT2D eigenvalue weighted by Gasteiger charge is -2.29. The number of hydrogen-bond donors (Lipinski definition) is 2. The Kier molecular flexibility index (Phi) is 6.02. The van der Waals surface area contributed by atoms with Gasteiger partial charge in [-0.25, -0.2) is 8.42 Å². The van der Waals surface area contributed by atoms with Gasteiger partial charge in [-0.3, -0.25) is 13.9 Å². The van der Waals surface area contributed by atoms with Crippen LogP contribution in [0.25, 0.3) is 0 Å². The SMILES string of the molecule is C=CCNC(=O)C(=O)Nc1ccc(N2CCCCS2(=O)=O)c(OC)c1. The van der Waals surface area contributed by atoms with Gasteiger partial charge in [0, 0.05) is 24.8 Å². The molecule has 1 heterocycles. The molecule has 2 amide bonds. The molecule has 0 aromatic heterocycles. The van der Waals surface area contributed by atoms with Crippen LogP contribution in [0.5, 0.6) is 5.75 Å². The highest BCUT2D eigenvalue weighted by atomic mass is 32.2.